The second-order valence-electron chi connectivity index (χ2n) is 3.73. The normalized spacial score (nSPS) is 13.8. The van der Waals surface area contributed by atoms with Gasteiger partial charge in [-0.05, 0) is 26.0 Å². The number of hydrogen-bond acceptors (Lipinski definition) is 4. The molecule has 0 fully saturated rings. The highest BCUT2D eigenvalue weighted by atomic mass is 32.2. The third kappa shape index (κ3) is 2.56. The van der Waals surface area contributed by atoms with Crippen molar-refractivity contribution >= 4 is 10.0 Å². The molecule has 0 bridgehead atoms. The number of sulfonamides is 1. The third-order valence-electron chi connectivity index (χ3n) is 2.30. The Morgan fingerprint density at radius 3 is 2.76 bits per heavy atom. The van der Waals surface area contributed by atoms with Gasteiger partial charge < -0.3 is 4.42 Å². The number of aryl methyl sites for hydroxylation is 1. The molecule has 0 saturated carbocycles. The van der Waals surface area contributed by atoms with E-state index in [4.69, 9.17) is 4.42 Å². The first-order chi connectivity index (χ1) is 7.99. The minimum Gasteiger partial charge on any atom is -0.465 e. The molecule has 6 nitrogen and oxygen atoms in total. The van der Waals surface area contributed by atoms with E-state index in [0.29, 0.717) is 5.76 Å². The summed E-state index contributed by atoms with van der Waals surface area (Å²) in [6.45, 7) is 3.52. The van der Waals surface area contributed by atoms with Gasteiger partial charge in [-0.25, -0.2) is 13.1 Å². The van der Waals surface area contributed by atoms with Gasteiger partial charge in [0, 0.05) is 6.20 Å². The van der Waals surface area contributed by atoms with Crippen LogP contribution in [0.4, 0.5) is 0 Å². The number of H-pyrrole nitrogens is 1. The van der Waals surface area contributed by atoms with Gasteiger partial charge in [0.05, 0.1) is 12.2 Å². The number of aromatic amines is 1. The van der Waals surface area contributed by atoms with E-state index in [1.807, 2.05) is 0 Å². The highest BCUT2D eigenvalue weighted by molar-refractivity contribution is 7.89. The minimum atomic E-state index is -3.56. The van der Waals surface area contributed by atoms with E-state index in [1.165, 1.54) is 12.4 Å². The lowest BCUT2D eigenvalue weighted by molar-refractivity contribution is 0.441. The molecule has 0 aliphatic heterocycles. The lowest BCUT2D eigenvalue weighted by Crippen LogP contribution is -2.26. The van der Waals surface area contributed by atoms with Crippen LogP contribution >= 0.6 is 0 Å². The molecule has 1 unspecified atom stereocenters. The summed E-state index contributed by atoms with van der Waals surface area (Å²) in [5.41, 5.74) is 0. The molecular formula is C10H13N3O3S. The van der Waals surface area contributed by atoms with Gasteiger partial charge in [-0.2, -0.15) is 5.10 Å². The van der Waals surface area contributed by atoms with Crippen LogP contribution in [0.15, 0.2) is 33.8 Å². The predicted molar refractivity (Wildman–Crippen MR) is 60.8 cm³/mol. The molecule has 1 atom stereocenters. The fourth-order valence-corrected chi connectivity index (χ4v) is 2.55. The third-order valence-corrected chi connectivity index (χ3v) is 3.81. The molecule has 2 N–H and O–H groups in total. The van der Waals surface area contributed by atoms with Crippen LogP contribution < -0.4 is 4.72 Å². The number of nitrogens with zero attached hydrogens (tertiary/aromatic N) is 1. The Kier molecular flexibility index (Phi) is 3.03. The van der Waals surface area contributed by atoms with Crippen molar-refractivity contribution < 1.29 is 12.8 Å². The summed E-state index contributed by atoms with van der Waals surface area (Å²) >= 11 is 0. The van der Waals surface area contributed by atoms with Gasteiger partial charge in [-0.3, -0.25) is 5.10 Å². The van der Waals surface area contributed by atoms with E-state index in [2.05, 4.69) is 14.9 Å². The molecule has 7 heteroatoms. The van der Waals surface area contributed by atoms with Crippen molar-refractivity contribution in [1.29, 1.82) is 0 Å². The maximum atomic E-state index is 11.9. The molecule has 0 aliphatic rings. The molecule has 2 aromatic rings. The van der Waals surface area contributed by atoms with Crippen molar-refractivity contribution in [3.05, 3.63) is 36.0 Å². The average molecular weight is 255 g/mol. The Labute approximate surface area is 99.1 Å². The van der Waals surface area contributed by atoms with Crippen LogP contribution in [0.1, 0.15) is 24.5 Å². The lowest BCUT2D eigenvalue weighted by Gasteiger charge is -2.10. The second-order valence-corrected chi connectivity index (χ2v) is 5.44. The van der Waals surface area contributed by atoms with E-state index >= 15 is 0 Å². The lowest BCUT2D eigenvalue weighted by atomic mass is 10.3. The van der Waals surface area contributed by atoms with Gasteiger partial charge in [0.25, 0.3) is 0 Å². The minimum absolute atomic E-state index is 0.104. The van der Waals surface area contributed by atoms with Crippen LogP contribution in [0.3, 0.4) is 0 Å². The quantitative estimate of drug-likeness (QED) is 0.863. The van der Waals surface area contributed by atoms with Crippen molar-refractivity contribution in [1.82, 2.24) is 14.9 Å². The van der Waals surface area contributed by atoms with Gasteiger partial charge in [0.2, 0.25) is 10.0 Å². The Balaban J connectivity index is 2.17. The van der Waals surface area contributed by atoms with Crippen molar-refractivity contribution in [3.8, 4) is 0 Å². The van der Waals surface area contributed by atoms with Crippen LogP contribution in [0.2, 0.25) is 0 Å². The van der Waals surface area contributed by atoms with Crippen molar-refractivity contribution in [2.45, 2.75) is 24.8 Å². The second kappa shape index (κ2) is 4.34. The predicted octanol–water partition coefficient (Wildman–Crippen LogP) is 1.35. The number of aromatic nitrogens is 2. The molecule has 92 valence electrons. The van der Waals surface area contributed by atoms with Crippen molar-refractivity contribution in [2.24, 2.45) is 0 Å². The van der Waals surface area contributed by atoms with Crippen LogP contribution in [0, 0.1) is 6.92 Å². The summed E-state index contributed by atoms with van der Waals surface area (Å²) < 4.78 is 31.6. The first-order valence-corrected chi connectivity index (χ1v) is 6.55. The highest BCUT2D eigenvalue weighted by Gasteiger charge is 2.20. The Bertz CT molecular complexity index is 586. The van der Waals surface area contributed by atoms with E-state index in [-0.39, 0.29) is 4.90 Å². The zero-order valence-electron chi connectivity index (χ0n) is 9.47. The summed E-state index contributed by atoms with van der Waals surface area (Å²) in [6, 6.07) is 3.11. The number of hydrogen-bond donors (Lipinski definition) is 2. The average Bonchev–Trinajstić information content (AvgIpc) is 2.86. The summed E-state index contributed by atoms with van der Waals surface area (Å²) in [5.74, 6) is 1.32. The maximum Gasteiger partial charge on any atom is 0.244 e. The van der Waals surface area contributed by atoms with E-state index in [9.17, 15) is 8.42 Å². The Morgan fingerprint density at radius 1 is 1.47 bits per heavy atom. The maximum absolute atomic E-state index is 11.9. The number of rotatable bonds is 4. The fourth-order valence-electron chi connectivity index (χ4n) is 1.43. The number of nitrogens with one attached hydrogen (secondary N) is 2. The topological polar surface area (TPSA) is 88.0 Å². The van der Waals surface area contributed by atoms with Gasteiger partial charge >= 0.3 is 0 Å². The van der Waals surface area contributed by atoms with Crippen LogP contribution in [0.5, 0.6) is 0 Å². The van der Waals surface area contributed by atoms with Crippen molar-refractivity contribution in [2.75, 3.05) is 0 Å². The van der Waals surface area contributed by atoms with E-state index in [0.717, 1.165) is 5.76 Å². The van der Waals surface area contributed by atoms with Gasteiger partial charge in [-0.1, -0.05) is 0 Å². The molecule has 2 heterocycles. The molecule has 0 saturated heterocycles. The number of furan rings is 1. The molecule has 0 aliphatic carbocycles. The first kappa shape index (κ1) is 11.9. The highest BCUT2D eigenvalue weighted by Crippen LogP contribution is 2.18. The van der Waals surface area contributed by atoms with Crippen LogP contribution in [0.25, 0.3) is 0 Å². The standard InChI is InChI=1S/C10H13N3O3S/c1-7-3-4-10(16-7)8(2)13-17(14,15)9-5-11-12-6-9/h3-6,8,13H,1-2H3,(H,11,12). The SMILES string of the molecule is Cc1ccc(C(C)NS(=O)(=O)c2cn[nH]c2)o1. The molecule has 0 aromatic carbocycles. The zero-order valence-corrected chi connectivity index (χ0v) is 10.3. The van der Waals surface area contributed by atoms with Crippen LogP contribution in [-0.2, 0) is 10.0 Å². The molecular weight excluding hydrogens is 242 g/mol. The summed E-state index contributed by atoms with van der Waals surface area (Å²) in [6.07, 6.45) is 2.57. The van der Waals surface area contributed by atoms with Gasteiger partial charge in [0.1, 0.15) is 16.4 Å². The first-order valence-electron chi connectivity index (χ1n) is 5.06. The Hall–Kier alpha value is -1.60. The van der Waals surface area contributed by atoms with Crippen LogP contribution in [-0.4, -0.2) is 18.6 Å². The smallest absolute Gasteiger partial charge is 0.244 e. The van der Waals surface area contributed by atoms with Crippen molar-refractivity contribution in [3.63, 3.8) is 0 Å². The molecule has 17 heavy (non-hydrogen) atoms. The largest absolute Gasteiger partial charge is 0.465 e. The molecule has 2 aromatic heterocycles. The van der Waals surface area contributed by atoms with Gasteiger partial charge in [0.15, 0.2) is 0 Å². The molecule has 0 spiro atoms. The molecule has 0 amide bonds. The summed E-state index contributed by atoms with van der Waals surface area (Å²) in [5, 5.41) is 6.07. The molecule has 0 radical (unpaired) electrons. The zero-order chi connectivity index (χ0) is 12.5. The monoisotopic (exact) mass is 255 g/mol. The van der Waals surface area contributed by atoms with E-state index < -0.39 is 16.1 Å². The van der Waals surface area contributed by atoms with Gasteiger partial charge in [-0.15, -0.1) is 0 Å². The molecule has 2 rings (SSSR count). The summed E-state index contributed by atoms with van der Waals surface area (Å²) in [7, 11) is -3.56. The van der Waals surface area contributed by atoms with E-state index in [1.54, 1.807) is 26.0 Å². The fraction of sp³-hybridized carbons (Fsp3) is 0.300. The Morgan fingerprint density at radius 2 is 2.24 bits per heavy atom. The summed E-state index contributed by atoms with van der Waals surface area (Å²) in [4.78, 5) is 0.104.